The molecule has 18 heavy (non-hydrogen) atoms. The van der Waals surface area contributed by atoms with Crippen molar-refractivity contribution in [3.8, 4) is 0 Å². The normalized spacial score (nSPS) is 23.0. The number of hydrogen-bond acceptors (Lipinski definition) is 3. The molecule has 0 aliphatic carbocycles. The number of benzene rings is 1. The van der Waals surface area contributed by atoms with Gasteiger partial charge in [-0.3, -0.25) is 4.79 Å². The Morgan fingerprint density at radius 1 is 1.50 bits per heavy atom. The Labute approximate surface area is 111 Å². The quantitative estimate of drug-likeness (QED) is 0.749. The number of amides is 1. The SMILES string of the molecule is O=C(Cc1cccc(Cl)c1)NCC1CNCC1O. The van der Waals surface area contributed by atoms with Crippen LogP contribution in [0.15, 0.2) is 24.3 Å². The van der Waals surface area contributed by atoms with E-state index in [1.807, 2.05) is 12.1 Å². The van der Waals surface area contributed by atoms with E-state index in [4.69, 9.17) is 11.6 Å². The molecule has 1 amide bonds. The highest BCUT2D eigenvalue weighted by atomic mass is 35.5. The fourth-order valence-corrected chi connectivity index (χ4v) is 2.28. The molecule has 1 aromatic rings. The third kappa shape index (κ3) is 3.70. The summed E-state index contributed by atoms with van der Waals surface area (Å²) in [6, 6.07) is 7.27. The second-order valence-electron chi connectivity index (χ2n) is 4.60. The molecule has 4 nitrogen and oxygen atoms in total. The third-order valence-corrected chi connectivity index (χ3v) is 3.35. The maximum atomic E-state index is 11.7. The van der Waals surface area contributed by atoms with Gasteiger partial charge >= 0.3 is 0 Å². The first-order valence-corrected chi connectivity index (χ1v) is 6.43. The molecule has 2 atom stereocenters. The van der Waals surface area contributed by atoms with Crippen molar-refractivity contribution in [2.75, 3.05) is 19.6 Å². The van der Waals surface area contributed by atoms with Gasteiger partial charge in [-0.15, -0.1) is 0 Å². The van der Waals surface area contributed by atoms with Gasteiger partial charge in [0.15, 0.2) is 0 Å². The van der Waals surface area contributed by atoms with Crippen LogP contribution >= 0.6 is 11.6 Å². The first-order valence-electron chi connectivity index (χ1n) is 6.05. The summed E-state index contributed by atoms with van der Waals surface area (Å²) in [5, 5.41) is 16.2. The average molecular weight is 269 g/mol. The van der Waals surface area contributed by atoms with Gasteiger partial charge in [-0.2, -0.15) is 0 Å². The zero-order chi connectivity index (χ0) is 13.0. The van der Waals surface area contributed by atoms with Crippen molar-refractivity contribution >= 4 is 17.5 Å². The second-order valence-corrected chi connectivity index (χ2v) is 5.03. The monoisotopic (exact) mass is 268 g/mol. The molecular weight excluding hydrogens is 252 g/mol. The van der Waals surface area contributed by atoms with E-state index in [1.165, 1.54) is 0 Å². The van der Waals surface area contributed by atoms with Crippen LogP contribution in [-0.2, 0) is 11.2 Å². The zero-order valence-corrected chi connectivity index (χ0v) is 10.8. The van der Waals surface area contributed by atoms with E-state index in [-0.39, 0.29) is 17.9 Å². The van der Waals surface area contributed by atoms with Crippen LogP contribution in [0.3, 0.4) is 0 Å². The maximum absolute atomic E-state index is 11.7. The smallest absolute Gasteiger partial charge is 0.224 e. The molecule has 0 bridgehead atoms. The largest absolute Gasteiger partial charge is 0.391 e. The molecule has 3 N–H and O–H groups in total. The van der Waals surface area contributed by atoms with Crippen molar-refractivity contribution < 1.29 is 9.90 Å². The van der Waals surface area contributed by atoms with Gasteiger partial charge in [0.25, 0.3) is 0 Å². The molecule has 1 saturated heterocycles. The number of aliphatic hydroxyl groups is 1. The number of β-amino-alcohol motifs (C(OH)–C–C–N with tert-alkyl or cyclic N) is 1. The molecule has 2 rings (SSSR count). The molecule has 1 aromatic carbocycles. The Morgan fingerprint density at radius 2 is 2.33 bits per heavy atom. The van der Waals surface area contributed by atoms with Crippen molar-refractivity contribution in [3.05, 3.63) is 34.9 Å². The average Bonchev–Trinajstić information content (AvgIpc) is 2.72. The predicted molar refractivity (Wildman–Crippen MR) is 70.5 cm³/mol. The summed E-state index contributed by atoms with van der Waals surface area (Å²) in [7, 11) is 0. The molecule has 1 aliphatic heterocycles. The minimum absolute atomic E-state index is 0.0450. The molecule has 0 saturated carbocycles. The fourth-order valence-electron chi connectivity index (χ4n) is 2.07. The van der Waals surface area contributed by atoms with Crippen LogP contribution in [0, 0.1) is 5.92 Å². The van der Waals surface area contributed by atoms with Gasteiger partial charge in [0, 0.05) is 30.6 Å². The van der Waals surface area contributed by atoms with Crippen molar-refractivity contribution in [1.29, 1.82) is 0 Å². The minimum atomic E-state index is -0.364. The van der Waals surface area contributed by atoms with E-state index in [0.29, 0.717) is 24.5 Å². The topological polar surface area (TPSA) is 61.4 Å². The molecule has 0 aromatic heterocycles. The molecule has 1 aliphatic rings. The van der Waals surface area contributed by atoms with Crippen LogP contribution in [0.4, 0.5) is 0 Å². The molecule has 2 unspecified atom stereocenters. The number of nitrogens with one attached hydrogen (secondary N) is 2. The Balaban J connectivity index is 1.78. The van der Waals surface area contributed by atoms with Crippen molar-refractivity contribution in [2.24, 2.45) is 5.92 Å². The molecule has 98 valence electrons. The first kappa shape index (κ1) is 13.3. The highest BCUT2D eigenvalue weighted by Crippen LogP contribution is 2.11. The van der Waals surface area contributed by atoms with Crippen LogP contribution in [0.2, 0.25) is 5.02 Å². The third-order valence-electron chi connectivity index (χ3n) is 3.12. The number of rotatable bonds is 4. The molecule has 0 radical (unpaired) electrons. The van der Waals surface area contributed by atoms with Crippen LogP contribution < -0.4 is 10.6 Å². The summed E-state index contributed by atoms with van der Waals surface area (Å²) in [6.45, 7) is 1.86. The van der Waals surface area contributed by atoms with Crippen molar-refractivity contribution in [2.45, 2.75) is 12.5 Å². The Hall–Kier alpha value is -1.10. The van der Waals surface area contributed by atoms with Gasteiger partial charge in [-0.25, -0.2) is 0 Å². The zero-order valence-electron chi connectivity index (χ0n) is 10.0. The molecule has 1 fully saturated rings. The van der Waals surface area contributed by atoms with Gasteiger partial charge in [0.05, 0.1) is 12.5 Å². The summed E-state index contributed by atoms with van der Waals surface area (Å²) in [5.74, 6) is 0.0599. The van der Waals surface area contributed by atoms with E-state index in [9.17, 15) is 9.90 Å². The minimum Gasteiger partial charge on any atom is -0.391 e. The van der Waals surface area contributed by atoms with Gasteiger partial charge in [-0.05, 0) is 17.7 Å². The molecule has 1 heterocycles. The summed E-state index contributed by atoms with van der Waals surface area (Å²) in [4.78, 5) is 11.7. The van der Waals surface area contributed by atoms with Crippen molar-refractivity contribution in [1.82, 2.24) is 10.6 Å². The number of halogens is 1. The number of carbonyl (C=O) groups is 1. The Kier molecular flexibility index (Phi) is 4.58. The number of carbonyl (C=O) groups excluding carboxylic acids is 1. The van der Waals surface area contributed by atoms with Gasteiger partial charge < -0.3 is 15.7 Å². The summed E-state index contributed by atoms with van der Waals surface area (Å²) in [6.07, 6.45) is -0.0481. The van der Waals surface area contributed by atoms with E-state index in [0.717, 1.165) is 12.1 Å². The lowest BCUT2D eigenvalue weighted by Crippen LogP contribution is -2.35. The predicted octanol–water partition coefficient (Wildman–Crippen LogP) is 0.579. The molecule has 0 spiro atoms. The molecule has 5 heteroatoms. The lowest BCUT2D eigenvalue weighted by atomic mass is 10.1. The van der Waals surface area contributed by atoms with Gasteiger partial charge in [0.2, 0.25) is 5.91 Å². The van der Waals surface area contributed by atoms with E-state index >= 15 is 0 Å². The number of hydrogen-bond donors (Lipinski definition) is 3. The van der Waals surface area contributed by atoms with E-state index in [2.05, 4.69) is 10.6 Å². The van der Waals surface area contributed by atoms with E-state index in [1.54, 1.807) is 12.1 Å². The van der Waals surface area contributed by atoms with Gasteiger partial charge in [0.1, 0.15) is 0 Å². The van der Waals surface area contributed by atoms with E-state index < -0.39 is 0 Å². The lowest BCUT2D eigenvalue weighted by Gasteiger charge is -2.14. The van der Waals surface area contributed by atoms with Crippen LogP contribution in [0.25, 0.3) is 0 Å². The molecular formula is C13H17ClN2O2. The summed E-state index contributed by atoms with van der Waals surface area (Å²) >= 11 is 5.86. The first-order chi connectivity index (χ1) is 8.65. The highest BCUT2D eigenvalue weighted by molar-refractivity contribution is 6.30. The standard InChI is InChI=1S/C13H17ClN2O2/c14-11-3-1-2-9(4-11)5-13(18)16-7-10-6-15-8-12(10)17/h1-4,10,12,15,17H,5-8H2,(H,16,18). The Morgan fingerprint density at radius 3 is 3.00 bits per heavy atom. The second kappa shape index (κ2) is 6.18. The summed E-state index contributed by atoms with van der Waals surface area (Å²) < 4.78 is 0. The lowest BCUT2D eigenvalue weighted by molar-refractivity contribution is -0.120. The van der Waals surface area contributed by atoms with Crippen molar-refractivity contribution in [3.63, 3.8) is 0 Å². The van der Waals surface area contributed by atoms with Crippen LogP contribution in [-0.4, -0.2) is 36.8 Å². The maximum Gasteiger partial charge on any atom is 0.224 e. The summed E-state index contributed by atoms with van der Waals surface area (Å²) in [5.41, 5.74) is 0.894. The van der Waals surface area contributed by atoms with Crippen LogP contribution in [0.1, 0.15) is 5.56 Å². The number of aliphatic hydroxyl groups excluding tert-OH is 1. The van der Waals surface area contributed by atoms with Crippen LogP contribution in [0.5, 0.6) is 0 Å². The fraction of sp³-hybridized carbons (Fsp3) is 0.462. The highest BCUT2D eigenvalue weighted by Gasteiger charge is 2.24. The Bertz CT molecular complexity index is 425. The van der Waals surface area contributed by atoms with Gasteiger partial charge in [-0.1, -0.05) is 23.7 Å².